The first-order valence-electron chi connectivity index (χ1n) is 11.5. The summed E-state index contributed by atoms with van der Waals surface area (Å²) in [7, 11) is -3.71. The monoisotopic (exact) mass is 492 g/mol. The van der Waals surface area contributed by atoms with E-state index in [1.807, 2.05) is 6.07 Å². The number of esters is 1. The zero-order valence-electron chi connectivity index (χ0n) is 19.7. The maximum Gasteiger partial charge on any atom is 0.343 e. The van der Waals surface area contributed by atoms with Crippen molar-refractivity contribution in [1.82, 2.24) is 4.31 Å². The minimum Gasteiger partial charge on any atom is -0.423 e. The number of piperidine rings is 1. The lowest BCUT2D eigenvalue weighted by molar-refractivity contribution is 0.0734. The van der Waals surface area contributed by atoms with Gasteiger partial charge in [-0.15, -0.1) is 0 Å². The average molecular weight is 493 g/mol. The third-order valence-electron chi connectivity index (χ3n) is 6.12. The molecule has 35 heavy (non-hydrogen) atoms. The van der Waals surface area contributed by atoms with Crippen molar-refractivity contribution in [2.24, 2.45) is 5.92 Å². The molecule has 0 saturated carbocycles. The lowest BCUT2D eigenvalue weighted by Crippen LogP contribution is -2.38. The van der Waals surface area contributed by atoms with Crippen LogP contribution < -0.4 is 10.1 Å². The Hall–Kier alpha value is -3.49. The summed E-state index contributed by atoms with van der Waals surface area (Å²) in [6.07, 6.45) is 1.63. The number of ether oxygens (including phenoxy) is 1. The predicted molar refractivity (Wildman–Crippen MR) is 134 cm³/mol. The second-order valence-electron chi connectivity index (χ2n) is 8.80. The normalized spacial score (nSPS) is 14.9. The second kappa shape index (κ2) is 10.4. The van der Waals surface area contributed by atoms with Gasteiger partial charge < -0.3 is 10.1 Å². The molecule has 0 aromatic heterocycles. The number of benzene rings is 3. The van der Waals surface area contributed by atoms with Crippen LogP contribution in [0.3, 0.4) is 0 Å². The van der Waals surface area contributed by atoms with Crippen LogP contribution in [0.5, 0.6) is 5.75 Å². The third-order valence-corrected chi connectivity index (χ3v) is 8.16. The van der Waals surface area contributed by atoms with Gasteiger partial charge in [-0.05, 0) is 67.6 Å². The molecule has 1 N–H and O–H groups in total. The van der Waals surface area contributed by atoms with Gasteiger partial charge in [-0.25, -0.2) is 13.2 Å². The van der Waals surface area contributed by atoms with Gasteiger partial charge in [0.25, 0.3) is 5.91 Å². The molecular formula is C27H28N2O5S. The molecule has 0 unspecified atom stereocenters. The Kier molecular flexibility index (Phi) is 7.33. The van der Waals surface area contributed by atoms with Crippen LogP contribution in [0.2, 0.25) is 0 Å². The largest absolute Gasteiger partial charge is 0.423 e. The van der Waals surface area contributed by atoms with Crippen LogP contribution in [-0.2, 0) is 10.0 Å². The highest BCUT2D eigenvalue weighted by atomic mass is 32.2. The molecule has 7 nitrogen and oxygen atoms in total. The standard InChI is InChI=1S/C27H28N2O5S/c1-19-13-15-29(16-14-19)35(32,33)25-17-22(12-11-20(25)2)27(31)34-24-10-6-9-23(18-24)28-26(30)21-7-4-3-5-8-21/h3-12,17-19H,13-16H2,1-2H3,(H,28,30). The van der Waals surface area contributed by atoms with Crippen molar-refractivity contribution in [1.29, 1.82) is 0 Å². The SMILES string of the molecule is Cc1ccc(C(=O)Oc2cccc(NC(=O)c3ccccc3)c2)cc1S(=O)(=O)N1CCC(C)CC1. The van der Waals surface area contributed by atoms with E-state index in [2.05, 4.69) is 12.2 Å². The van der Waals surface area contributed by atoms with Gasteiger partial charge in [0.1, 0.15) is 5.75 Å². The Morgan fingerprint density at radius 3 is 2.34 bits per heavy atom. The van der Waals surface area contributed by atoms with Crippen LogP contribution >= 0.6 is 0 Å². The molecule has 4 rings (SSSR count). The lowest BCUT2D eigenvalue weighted by Gasteiger charge is -2.30. The average Bonchev–Trinajstić information content (AvgIpc) is 2.85. The fourth-order valence-electron chi connectivity index (χ4n) is 3.97. The first-order valence-corrected chi connectivity index (χ1v) is 13.0. The van der Waals surface area contributed by atoms with Crippen LogP contribution in [0.25, 0.3) is 0 Å². The Morgan fingerprint density at radius 2 is 1.63 bits per heavy atom. The van der Waals surface area contributed by atoms with Gasteiger partial charge in [0.15, 0.2) is 0 Å². The molecule has 1 amide bonds. The summed E-state index contributed by atoms with van der Waals surface area (Å²) in [5, 5.41) is 2.77. The Bertz CT molecular complexity index is 1330. The lowest BCUT2D eigenvalue weighted by atomic mass is 10.0. The number of nitrogens with one attached hydrogen (secondary N) is 1. The van der Waals surface area contributed by atoms with Crippen molar-refractivity contribution in [2.45, 2.75) is 31.6 Å². The zero-order valence-corrected chi connectivity index (χ0v) is 20.5. The molecule has 1 aliphatic heterocycles. The first-order chi connectivity index (χ1) is 16.7. The zero-order chi connectivity index (χ0) is 25.0. The summed E-state index contributed by atoms with van der Waals surface area (Å²) in [4.78, 5) is 25.4. The summed E-state index contributed by atoms with van der Waals surface area (Å²) in [5.74, 6) is -0.234. The second-order valence-corrected chi connectivity index (χ2v) is 10.7. The van der Waals surface area contributed by atoms with E-state index in [9.17, 15) is 18.0 Å². The van der Waals surface area contributed by atoms with Gasteiger partial charge in [0.05, 0.1) is 10.5 Å². The smallest absolute Gasteiger partial charge is 0.343 e. The molecule has 0 radical (unpaired) electrons. The van der Waals surface area contributed by atoms with Crippen LogP contribution in [0, 0.1) is 12.8 Å². The minimum atomic E-state index is -3.71. The van der Waals surface area contributed by atoms with Gasteiger partial charge in [-0.3, -0.25) is 4.79 Å². The Labute approximate surface area is 205 Å². The number of amides is 1. The summed E-state index contributed by atoms with van der Waals surface area (Å²) in [6.45, 7) is 4.78. The van der Waals surface area contributed by atoms with Crippen LogP contribution in [0.1, 0.15) is 46.0 Å². The fourth-order valence-corrected chi connectivity index (χ4v) is 5.69. The number of carbonyl (C=O) groups excluding carboxylic acids is 2. The molecule has 1 heterocycles. The van der Waals surface area contributed by atoms with Crippen LogP contribution in [0.15, 0.2) is 77.7 Å². The molecular weight excluding hydrogens is 464 g/mol. The van der Waals surface area contributed by atoms with E-state index in [4.69, 9.17) is 4.74 Å². The third kappa shape index (κ3) is 5.78. The van der Waals surface area contributed by atoms with E-state index in [0.29, 0.717) is 35.8 Å². The quantitative estimate of drug-likeness (QED) is 0.391. The molecule has 0 spiro atoms. The molecule has 8 heteroatoms. The number of aryl methyl sites for hydroxylation is 1. The van der Waals surface area contributed by atoms with Gasteiger partial charge in [0, 0.05) is 30.4 Å². The van der Waals surface area contributed by atoms with Crippen LogP contribution in [-0.4, -0.2) is 37.7 Å². The summed E-state index contributed by atoms with van der Waals surface area (Å²) >= 11 is 0. The number of nitrogens with zero attached hydrogens (tertiary/aromatic N) is 1. The molecule has 3 aromatic carbocycles. The number of anilines is 1. The predicted octanol–water partition coefficient (Wildman–Crippen LogP) is 4.89. The molecule has 1 fully saturated rings. The van der Waals surface area contributed by atoms with E-state index < -0.39 is 16.0 Å². The van der Waals surface area contributed by atoms with E-state index in [1.54, 1.807) is 67.6 Å². The molecule has 0 aliphatic carbocycles. The molecule has 0 atom stereocenters. The van der Waals surface area contributed by atoms with Crippen molar-refractivity contribution >= 4 is 27.6 Å². The molecule has 0 bridgehead atoms. The van der Waals surface area contributed by atoms with E-state index in [0.717, 1.165) is 12.8 Å². The van der Waals surface area contributed by atoms with E-state index >= 15 is 0 Å². The number of hydrogen-bond donors (Lipinski definition) is 1. The summed E-state index contributed by atoms with van der Waals surface area (Å²) in [5.41, 5.74) is 1.69. The van der Waals surface area contributed by atoms with Crippen molar-refractivity contribution in [3.63, 3.8) is 0 Å². The highest BCUT2D eigenvalue weighted by Crippen LogP contribution is 2.27. The Morgan fingerprint density at radius 1 is 0.914 bits per heavy atom. The summed E-state index contributed by atoms with van der Waals surface area (Å²) < 4.78 is 33.5. The molecule has 3 aromatic rings. The molecule has 1 saturated heterocycles. The highest BCUT2D eigenvalue weighted by Gasteiger charge is 2.30. The van der Waals surface area contributed by atoms with Crippen molar-refractivity contribution in [2.75, 3.05) is 18.4 Å². The highest BCUT2D eigenvalue weighted by molar-refractivity contribution is 7.89. The number of carbonyl (C=O) groups is 2. The number of hydrogen-bond acceptors (Lipinski definition) is 5. The first kappa shape index (κ1) is 24.6. The van der Waals surface area contributed by atoms with Gasteiger partial charge in [-0.1, -0.05) is 37.3 Å². The minimum absolute atomic E-state index is 0.116. The topological polar surface area (TPSA) is 92.8 Å². The molecule has 182 valence electrons. The number of sulfonamides is 1. The van der Waals surface area contributed by atoms with Gasteiger partial charge in [0.2, 0.25) is 10.0 Å². The number of rotatable bonds is 6. The maximum atomic E-state index is 13.2. The van der Waals surface area contributed by atoms with E-state index in [-0.39, 0.29) is 22.1 Å². The van der Waals surface area contributed by atoms with Crippen molar-refractivity contribution in [3.05, 3.63) is 89.5 Å². The van der Waals surface area contributed by atoms with Gasteiger partial charge in [-0.2, -0.15) is 4.31 Å². The molecule has 1 aliphatic rings. The fraction of sp³-hybridized carbons (Fsp3) is 0.259. The van der Waals surface area contributed by atoms with Crippen LogP contribution in [0.4, 0.5) is 5.69 Å². The van der Waals surface area contributed by atoms with Crippen molar-refractivity contribution < 1.29 is 22.7 Å². The van der Waals surface area contributed by atoms with Crippen molar-refractivity contribution in [3.8, 4) is 5.75 Å². The van der Waals surface area contributed by atoms with E-state index in [1.165, 1.54) is 10.4 Å². The maximum absolute atomic E-state index is 13.2. The van der Waals surface area contributed by atoms with Gasteiger partial charge >= 0.3 is 5.97 Å². The summed E-state index contributed by atoms with van der Waals surface area (Å²) in [6, 6.07) is 19.8. The Balaban J connectivity index is 1.50.